The summed E-state index contributed by atoms with van der Waals surface area (Å²) in [5, 5.41) is 15.8. The maximum absolute atomic E-state index is 15.3. The highest BCUT2D eigenvalue weighted by Gasteiger charge is 2.17. The molecule has 2 aromatic carbocycles. The zero-order valence-electron chi connectivity index (χ0n) is 20.4. The Balaban J connectivity index is 1.76. The van der Waals surface area contributed by atoms with E-state index in [0.717, 1.165) is 15.9 Å². The van der Waals surface area contributed by atoms with E-state index in [4.69, 9.17) is 4.74 Å². The van der Waals surface area contributed by atoms with Crippen LogP contribution in [0.3, 0.4) is 0 Å². The number of ether oxygens (including phenoxy) is 1. The molecule has 0 aliphatic heterocycles. The summed E-state index contributed by atoms with van der Waals surface area (Å²) in [6.45, 7) is 2.62. The van der Waals surface area contributed by atoms with Crippen molar-refractivity contribution in [3.63, 3.8) is 0 Å². The Labute approximate surface area is 206 Å². The quantitative estimate of drug-likeness (QED) is 0.365. The Morgan fingerprint density at radius 2 is 2.00 bits per heavy atom. The maximum atomic E-state index is 15.3. The second-order valence-electron chi connectivity index (χ2n) is 8.96. The maximum Gasteiger partial charge on any atom is 0.167 e. The van der Waals surface area contributed by atoms with Crippen LogP contribution in [0.5, 0.6) is 5.75 Å². The molecule has 0 spiro atoms. The van der Waals surface area contributed by atoms with Crippen LogP contribution in [0, 0.1) is 5.82 Å². The summed E-state index contributed by atoms with van der Waals surface area (Å²) >= 11 is 0. The van der Waals surface area contributed by atoms with Gasteiger partial charge in [0.1, 0.15) is 23.9 Å². The van der Waals surface area contributed by atoms with Crippen LogP contribution >= 0.6 is 0 Å². The molecule has 5 aromatic rings. The van der Waals surface area contributed by atoms with Crippen LogP contribution in [0.25, 0.3) is 32.9 Å². The minimum Gasteiger partial charge on any atom is -0.489 e. The lowest BCUT2D eigenvalue weighted by Gasteiger charge is -2.20. The van der Waals surface area contributed by atoms with Gasteiger partial charge in [0.15, 0.2) is 11.3 Å². The molecule has 0 bridgehead atoms. The van der Waals surface area contributed by atoms with Crippen LogP contribution in [-0.4, -0.2) is 61.3 Å². The van der Waals surface area contributed by atoms with Gasteiger partial charge >= 0.3 is 0 Å². The number of hydrogen-bond acceptors (Lipinski definition) is 7. The Hall–Kier alpha value is -4.31. The topological polar surface area (TPSA) is 93.6 Å². The zero-order valence-corrected chi connectivity index (χ0v) is 20.4. The number of rotatable bonds is 6. The summed E-state index contributed by atoms with van der Waals surface area (Å²) < 4.78 is 24.3. The van der Waals surface area contributed by atoms with Crippen molar-refractivity contribution in [2.24, 2.45) is 12.0 Å². The van der Waals surface area contributed by atoms with Gasteiger partial charge in [-0.1, -0.05) is 0 Å². The molecule has 0 saturated carbocycles. The number of aryl methyl sites for hydroxylation is 1. The third-order valence-corrected chi connectivity index (χ3v) is 5.76. The Morgan fingerprint density at radius 3 is 2.75 bits per heavy atom. The standard InChI is InChI=1S/C26H26FN7O2/c1-16(13-32(2)3)36-23-11-17(18-12-30-33(4)14-18)10-22-24(23)26(29-15-34(22)35)31-21-8-7-20-19(25(21)27)6-5-9-28-20/h5-12,14-16,35H,13H2,1-4H3/t16-/m1/s1. The molecule has 5 rings (SSSR count). The molecule has 3 aromatic heterocycles. The fraction of sp³-hybridized carbons (Fsp3) is 0.231. The number of hydrogen-bond donors (Lipinski definition) is 1. The number of pyridine rings is 1. The molecule has 0 aliphatic carbocycles. The normalized spacial score (nSPS) is 13.1. The smallest absolute Gasteiger partial charge is 0.167 e. The van der Waals surface area contributed by atoms with E-state index in [2.05, 4.69) is 20.1 Å². The van der Waals surface area contributed by atoms with Crippen LogP contribution in [0.4, 0.5) is 10.1 Å². The highest BCUT2D eigenvalue weighted by atomic mass is 19.1. The first-order chi connectivity index (χ1) is 17.3. The summed E-state index contributed by atoms with van der Waals surface area (Å²) in [6.07, 6.45) is 6.28. The molecule has 9 nitrogen and oxygen atoms in total. The predicted molar refractivity (Wildman–Crippen MR) is 135 cm³/mol. The van der Waals surface area contributed by atoms with Gasteiger partial charge in [0.25, 0.3) is 0 Å². The minimum atomic E-state index is -0.494. The van der Waals surface area contributed by atoms with E-state index in [1.807, 2.05) is 45.2 Å². The van der Waals surface area contributed by atoms with Crippen LogP contribution in [-0.2, 0) is 7.05 Å². The van der Waals surface area contributed by atoms with Crippen molar-refractivity contribution in [2.45, 2.75) is 13.0 Å². The zero-order chi connectivity index (χ0) is 25.4. The fourth-order valence-corrected chi connectivity index (χ4v) is 4.23. The summed E-state index contributed by atoms with van der Waals surface area (Å²) in [5.41, 5.74) is 2.94. The van der Waals surface area contributed by atoms with E-state index in [0.29, 0.717) is 34.1 Å². The Morgan fingerprint density at radius 1 is 1.17 bits per heavy atom. The van der Waals surface area contributed by atoms with Gasteiger partial charge in [0, 0.05) is 36.9 Å². The highest BCUT2D eigenvalue weighted by molar-refractivity contribution is 5.90. The van der Waals surface area contributed by atoms with Gasteiger partial charge in [0.2, 0.25) is 0 Å². The third-order valence-electron chi connectivity index (χ3n) is 5.76. The summed E-state index contributed by atoms with van der Waals surface area (Å²) in [7, 11) is 5.76. The van der Waals surface area contributed by atoms with Crippen LogP contribution < -0.4 is 10.2 Å². The molecular formula is C26H26FN7O2. The van der Waals surface area contributed by atoms with Gasteiger partial charge in [-0.05, 0) is 63.0 Å². The summed E-state index contributed by atoms with van der Waals surface area (Å²) in [4.78, 5) is 15.1. The number of nitrogens with zero attached hydrogens (tertiary/aromatic N) is 7. The monoisotopic (exact) mass is 487 g/mol. The molecule has 1 N–H and O–H groups in total. The Kier molecular flexibility index (Phi) is 6.11. The number of halogens is 1. The molecule has 0 fully saturated rings. The second-order valence-corrected chi connectivity index (χ2v) is 8.96. The second kappa shape index (κ2) is 9.38. The molecule has 1 atom stereocenters. The van der Waals surface area contributed by atoms with E-state index >= 15 is 4.39 Å². The predicted octanol–water partition coefficient (Wildman–Crippen LogP) is 3.92. The van der Waals surface area contributed by atoms with E-state index in [1.165, 1.54) is 6.33 Å². The van der Waals surface area contributed by atoms with Crippen molar-refractivity contribution >= 4 is 27.5 Å². The van der Waals surface area contributed by atoms with Gasteiger partial charge in [-0.2, -0.15) is 9.83 Å². The highest BCUT2D eigenvalue weighted by Crippen LogP contribution is 2.32. The van der Waals surface area contributed by atoms with Crippen molar-refractivity contribution in [1.29, 1.82) is 0 Å². The van der Waals surface area contributed by atoms with E-state index in [-0.39, 0.29) is 17.3 Å². The fourth-order valence-electron chi connectivity index (χ4n) is 4.23. The first-order valence-electron chi connectivity index (χ1n) is 11.4. The number of benzene rings is 2. The summed E-state index contributed by atoms with van der Waals surface area (Å²) in [5.74, 6) is -0.0232. The molecule has 184 valence electrons. The average Bonchev–Trinajstić information content (AvgIpc) is 3.28. The molecule has 0 amide bonds. The summed E-state index contributed by atoms with van der Waals surface area (Å²) in [6, 6.07) is 10.3. The average molecular weight is 488 g/mol. The molecule has 10 heteroatoms. The van der Waals surface area contributed by atoms with E-state index in [9.17, 15) is 5.21 Å². The number of fused-ring (bicyclic) bond motifs is 2. The first-order valence-corrected chi connectivity index (χ1v) is 11.4. The minimum absolute atomic E-state index is 0.114. The van der Waals surface area contributed by atoms with Gasteiger partial charge in [-0.3, -0.25) is 9.67 Å². The lowest BCUT2D eigenvalue weighted by molar-refractivity contribution is 0.177. The molecule has 36 heavy (non-hydrogen) atoms. The van der Waals surface area contributed by atoms with Gasteiger partial charge in [-0.15, -0.1) is 0 Å². The van der Waals surface area contributed by atoms with Crippen LogP contribution in [0.1, 0.15) is 6.92 Å². The molecule has 3 heterocycles. The first kappa shape index (κ1) is 23.4. The van der Waals surface area contributed by atoms with Crippen molar-refractivity contribution in [2.75, 3.05) is 20.6 Å². The molecule has 0 aliphatic rings. The number of aromatic nitrogens is 5. The molecular weight excluding hydrogens is 461 g/mol. The van der Waals surface area contributed by atoms with Crippen molar-refractivity contribution in [3.05, 3.63) is 72.6 Å². The van der Waals surface area contributed by atoms with E-state index < -0.39 is 5.82 Å². The van der Waals surface area contributed by atoms with Crippen molar-refractivity contribution < 1.29 is 14.3 Å². The van der Waals surface area contributed by atoms with Gasteiger partial charge < -0.3 is 14.8 Å². The Bertz CT molecular complexity index is 1640. The van der Waals surface area contributed by atoms with Gasteiger partial charge in [-0.25, -0.2) is 14.4 Å². The molecule has 0 unspecified atom stereocenters. The van der Waals surface area contributed by atoms with Crippen molar-refractivity contribution in [1.82, 2.24) is 29.4 Å². The van der Waals surface area contributed by atoms with Gasteiger partial charge in [0.05, 0.1) is 22.6 Å². The van der Waals surface area contributed by atoms with Crippen LogP contribution in [0.15, 0.2) is 66.3 Å². The largest absolute Gasteiger partial charge is 0.489 e. The number of likely N-dealkylation sites (N-methyl/N-ethyl adjacent to an activating group) is 1. The molecule has 0 radical (unpaired) electrons. The molecule has 0 saturated heterocycles. The lowest BCUT2D eigenvalue weighted by Crippen LogP contribution is -2.28. The lowest BCUT2D eigenvalue weighted by atomic mass is 10.1. The van der Waals surface area contributed by atoms with Crippen LogP contribution in [0.2, 0.25) is 0 Å². The SMILES string of the molecule is C[C@H](CN(C)C)Oc1cc(-c2cnn(C)c2)cc2c1c(=Nc1ccc3ncccc3c1F)ncn2O. The third kappa shape index (κ3) is 4.50. The van der Waals surface area contributed by atoms with E-state index in [1.54, 1.807) is 47.4 Å². The van der Waals surface area contributed by atoms with Crippen molar-refractivity contribution in [3.8, 4) is 16.9 Å².